The van der Waals surface area contributed by atoms with Gasteiger partial charge in [-0.25, -0.2) is 0 Å². The molecule has 0 amide bonds. The fourth-order valence-electron chi connectivity index (χ4n) is 1.33. The Bertz CT molecular complexity index is 159. The predicted molar refractivity (Wildman–Crippen MR) is 65.1 cm³/mol. The molecule has 0 aliphatic carbocycles. The number of hydrogen-bond donors (Lipinski definition) is 1. The summed E-state index contributed by atoms with van der Waals surface area (Å²) >= 11 is 0. The zero-order chi connectivity index (χ0) is 11.0. The van der Waals surface area contributed by atoms with Gasteiger partial charge in [-0.3, -0.25) is 4.21 Å². The molecule has 0 aromatic heterocycles. The van der Waals surface area contributed by atoms with Crippen molar-refractivity contribution in [1.29, 1.82) is 0 Å². The first-order valence-corrected chi connectivity index (χ1v) is 7.18. The van der Waals surface area contributed by atoms with Crippen molar-refractivity contribution in [2.45, 2.75) is 46.6 Å². The average molecular weight is 219 g/mol. The van der Waals surface area contributed by atoms with Crippen molar-refractivity contribution in [2.75, 3.05) is 18.1 Å². The smallest absolute Gasteiger partial charge is 0.0391 e. The highest BCUT2D eigenvalue weighted by Gasteiger charge is 2.14. The summed E-state index contributed by atoms with van der Waals surface area (Å²) < 4.78 is 11.6. The van der Waals surface area contributed by atoms with Gasteiger partial charge in [-0.1, -0.05) is 27.7 Å². The van der Waals surface area contributed by atoms with E-state index < -0.39 is 10.8 Å². The van der Waals surface area contributed by atoms with Crippen LogP contribution in [0.3, 0.4) is 0 Å². The molecule has 0 radical (unpaired) electrons. The summed E-state index contributed by atoms with van der Waals surface area (Å²) in [7, 11) is -0.637. The molecule has 0 spiro atoms. The molecule has 0 aliphatic heterocycles. The van der Waals surface area contributed by atoms with Crippen LogP contribution in [0.15, 0.2) is 0 Å². The molecule has 2 atom stereocenters. The van der Waals surface area contributed by atoms with E-state index in [-0.39, 0.29) is 0 Å². The second-order valence-corrected chi connectivity index (χ2v) is 5.74. The fourth-order valence-corrected chi connectivity index (χ4v) is 2.85. The molecule has 3 heteroatoms. The Balaban J connectivity index is 3.89. The highest BCUT2D eigenvalue weighted by molar-refractivity contribution is 7.85. The highest BCUT2D eigenvalue weighted by atomic mass is 32.2. The SMILES string of the molecule is CCCNC(CS(=O)CCC)C(C)C. The monoisotopic (exact) mass is 219 g/mol. The molecule has 0 saturated heterocycles. The van der Waals surface area contributed by atoms with Crippen molar-refractivity contribution in [3.63, 3.8) is 0 Å². The third-order valence-corrected chi connectivity index (χ3v) is 3.85. The fraction of sp³-hybridized carbons (Fsp3) is 1.00. The topological polar surface area (TPSA) is 29.1 Å². The quantitative estimate of drug-likeness (QED) is 0.678. The van der Waals surface area contributed by atoms with Gasteiger partial charge in [-0.15, -0.1) is 0 Å². The van der Waals surface area contributed by atoms with Crippen LogP contribution in [0, 0.1) is 5.92 Å². The Morgan fingerprint density at radius 2 is 1.86 bits per heavy atom. The van der Waals surface area contributed by atoms with Crippen LogP contribution < -0.4 is 5.32 Å². The maximum atomic E-state index is 11.6. The molecule has 0 aromatic rings. The Hall–Kier alpha value is 0.110. The van der Waals surface area contributed by atoms with Gasteiger partial charge in [0.05, 0.1) is 0 Å². The first kappa shape index (κ1) is 14.1. The minimum Gasteiger partial charge on any atom is -0.313 e. The van der Waals surface area contributed by atoms with Crippen LogP contribution in [-0.2, 0) is 10.8 Å². The van der Waals surface area contributed by atoms with Crippen LogP contribution in [-0.4, -0.2) is 28.3 Å². The number of nitrogens with one attached hydrogen (secondary N) is 1. The Morgan fingerprint density at radius 3 is 2.29 bits per heavy atom. The molecule has 0 fully saturated rings. The number of rotatable bonds is 8. The molecule has 0 rings (SSSR count). The molecule has 0 aliphatic rings. The van der Waals surface area contributed by atoms with Crippen molar-refractivity contribution < 1.29 is 4.21 Å². The van der Waals surface area contributed by atoms with Crippen LogP contribution in [0.1, 0.15) is 40.5 Å². The lowest BCUT2D eigenvalue weighted by atomic mass is 10.1. The summed E-state index contributed by atoms with van der Waals surface area (Å²) in [5.41, 5.74) is 0. The van der Waals surface area contributed by atoms with Gasteiger partial charge in [0.1, 0.15) is 0 Å². The zero-order valence-electron chi connectivity index (χ0n) is 10.0. The lowest BCUT2D eigenvalue weighted by Crippen LogP contribution is -2.39. The minimum atomic E-state index is -0.637. The van der Waals surface area contributed by atoms with Gasteiger partial charge in [0, 0.05) is 28.3 Å². The van der Waals surface area contributed by atoms with E-state index in [1.807, 2.05) is 0 Å². The molecule has 0 bridgehead atoms. The zero-order valence-corrected chi connectivity index (χ0v) is 10.8. The van der Waals surface area contributed by atoms with Crippen LogP contribution in [0.5, 0.6) is 0 Å². The Labute approximate surface area is 91.3 Å². The third kappa shape index (κ3) is 6.55. The van der Waals surface area contributed by atoms with E-state index in [1.165, 1.54) is 0 Å². The Morgan fingerprint density at radius 1 is 1.21 bits per heavy atom. The molecular weight excluding hydrogens is 194 g/mol. The summed E-state index contributed by atoms with van der Waals surface area (Å²) in [5, 5.41) is 3.47. The lowest BCUT2D eigenvalue weighted by Gasteiger charge is -2.21. The molecule has 0 saturated carbocycles. The minimum absolute atomic E-state index is 0.419. The summed E-state index contributed by atoms with van der Waals surface area (Å²) in [6, 6.07) is 0.419. The van der Waals surface area contributed by atoms with Crippen molar-refractivity contribution in [3.05, 3.63) is 0 Å². The molecular formula is C11H25NOS. The van der Waals surface area contributed by atoms with Gasteiger partial charge < -0.3 is 5.32 Å². The van der Waals surface area contributed by atoms with Crippen LogP contribution in [0.25, 0.3) is 0 Å². The van der Waals surface area contributed by atoms with E-state index in [4.69, 9.17) is 0 Å². The van der Waals surface area contributed by atoms with Gasteiger partial charge in [0.2, 0.25) is 0 Å². The second-order valence-electron chi connectivity index (χ2n) is 4.12. The van der Waals surface area contributed by atoms with Crippen LogP contribution in [0.4, 0.5) is 0 Å². The standard InChI is InChI=1S/C11H25NOS/c1-5-7-12-11(10(3)4)9-14(13)8-6-2/h10-12H,5-9H2,1-4H3. The molecule has 2 nitrogen and oxygen atoms in total. The summed E-state index contributed by atoms with van der Waals surface area (Å²) in [5.74, 6) is 2.23. The molecule has 14 heavy (non-hydrogen) atoms. The highest BCUT2D eigenvalue weighted by Crippen LogP contribution is 2.04. The Kier molecular flexibility index (Phi) is 8.49. The number of hydrogen-bond acceptors (Lipinski definition) is 2. The third-order valence-electron chi connectivity index (χ3n) is 2.26. The van der Waals surface area contributed by atoms with Gasteiger partial charge in [-0.05, 0) is 25.3 Å². The summed E-state index contributed by atoms with van der Waals surface area (Å²) in [6.45, 7) is 9.66. The molecule has 86 valence electrons. The second kappa shape index (κ2) is 8.42. The molecule has 2 unspecified atom stereocenters. The van der Waals surface area contributed by atoms with E-state index in [1.54, 1.807) is 0 Å². The molecule has 0 aromatic carbocycles. The van der Waals surface area contributed by atoms with Gasteiger partial charge >= 0.3 is 0 Å². The molecule has 1 N–H and O–H groups in total. The first-order chi connectivity index (χ1) is 6.61. The maximum absolute atomic E-state index is 11.6. The van der Waals surface area contributed by atoms with Crippen molar-refractivity contribution in [3.8, 4) is 0 Å². The van der Waals surface area contributed by atoms with Crippen LogP contribution in [0.2, 0.25) is 0 Å². The van der Waals surface area contributed by atoms with Crippen LogP contribution >= 0.6 is 0 Å². The van der Waals surface area contributed by atoms with Crippen molar-refractivity contribution >= 4 is 10.8 Å². The van der Waals surface area contributed by atoms with Gasteiger partial charge in [0.15, 0.2) is 0 Å². The summed E-state index contributed by atoms with van der Waals surface area (Å²) in [6.07, 6.45) is 2.16. The van der Waals surface area contributed by atoms with Gasteiger partial charge in [-0.2, -0.15) is 0 Å². The maximum Gasteiger partial charge on any atom is 0.0391 e. The molecule has 0 heterocycles. The van der Waals surface area contributed by atoms with E-state index >= 15 is 0 Å². The normalized spacial score (nSPS) is 15.8. The van der Waals surface area contributed by atoms with Crippen molar-refractivity contribution in [1.82, 2.24) is 5.32 Å². The van der Waals surface area contributed by atoms with Crippen molar-refractivity contribution in [2.24, 2.45) is 5.92 Å². The predicted octanol–water partition coefficient (Wildman–Crippen LogP) is 2.17. The average Bonchev–Trinajstić information content (AvgIpc) is 2.12. The van der Waals surface area contributed by atoms with E-state index in [0.717, 1.165) is 30.9 Å². The van der Waals surface area contributed by atoms with Gasteiger partial charge in [0.25, 0.3) is 0 Å². The largest absolute Gasteiger partial charge is 0.313 e. The lowest BCUT2D eigenvalue weighted by molar-refractivity contribution is 0.431. The van der Waals surface area contributed by atoms with E-state index in [9.17, 15) is 4.21 Å². The summed E-state index contributed by atoms with van der Waals surface area (Å²) in [4.78, 5) is 0. The first-order valence-electron chi connectivity index (χ1n) is 5.70. The van der Waals surface area contributed by atoms with E-state index in [2.05, 4.69) is 33.0 Å². The van der Waals surface area contributed by atoms with E-state index in [0.29, 0.717) is 12.0 Å².